The number of aromatic hydroxyl groups is 1. The van der Waals surface area contributed by atoms with Crippen LogP contribution in [0.4, 0.5) is 0 Å². The van der Waals surface area contributed by atoms with E-state index in [0.717, 1.165) is 47.2 Å². The highest BCUT2D eigenvalue weighted by Gasteiger charge is 2.32. The van der Waals surface area contributed by atoms with Gasteiger partial charge in [0.15, 0.2) is 0 Å². The molecule has 0 spiro atoms. The van der Waals surface area contributed by atoms with E-state index in [-0.39, 0.29) is 0 Å². The van der Waals surface area contributed by atoms with Crippen molar-refractivity contribution in [2.24, 2.45) is 0 Å². The SMILES string of the molecule is CCCCCc1cccc(P(c2c(OC)cccc2OC)c2c(OC)cccc2OC)c1O. The zero-order valence-electron chi connectivity index (χ0n) is 20.1. The predicted octanol–water partition coefficient (Wildman–Crippen LogP) is 4.92. The van der Waals surface area contributed by atoms with Gasteiger partial charge >= 0.3 is 0 Å². The van der Waals surface area contributed by atoms with E-state index >= 15 is 0 Å². The fraction of sp³-hybridized carbons (Fsp3) is 0.333. The van der Waals surface area contributed by atoms with Crippen molar-refractivity contribution in [3.8, 4) is 28.7 Å². The second-order valence-electron chi connectivity index (χ2n) is 7.60. The predicted molar refractivity (Wildman–Crippen MR) is 136 cm³/mol. The number of rotatable bonds is 11. The minimum Gasteiger partial charge on any atom is -0.507 e. The second kappa shape index (κ2) is 11.8. The number of ether oxygens (including phenoxy) is 4. The van der Waals surface area contributed by atoms with Gasteiger partial charge in [-0.25, -0.2) is 0 Å². The number of unbranched alkanes of at least 4 members (excludes halogenated alkanes) is 2. The molecule has 0 saturated heterocycles. The summed E-state index contributed by atoms with van der Waals surface area (Å²) < 4.78 is 23.1. The zero-order valence-corrected chi connectivity index (χ0v) is 20.9. The summed E-state index contributed by atoms with van der Waals surface area (Å²) in [6.45, 7) is 2.18. The van der Waals surface area contributed by atoms with Crippen LogP contribution in [0.2, 0.25) is 0 Å². The zero-order chi connectivity index (χ0) is 23.8. The lowest BCUT2D eigenvalue weighted by Gasteiger charge is -2.27. The molecule has 3 aromatic rings. The highest BCUT2D eigenvalue weighted by Crippen LogP contribution is 2.47. The van der Waals surface area contributed by atoms with Crippen molar-refractivity contribution < 1.29 is 24.1 Å². The first-order valence-electron chi connectivity index (χ1n) is 11.1. The minimum absolute atomic E-state index is 0.306. The molecule has 0 fully saturated rings. The molecule has 1 N–H and O–H groups in total. The number of methoxy groups -OCH3 is 4. The second-order valence-corrected chi connectivity index (χ2v) is 9.65. The summed E-state index contributed by atoms with van der Waals surface area (Å²) in [7, 11) is 5.22. The molecule has 0 radical (unpaired) electrons. The Morgan fingerprint density at radius 1 is 0.667 bits per heavy atom. The van der Waals surface area contributed by atoms with E-state index in [1.807, 2.05) is 54.6 Å². The molecule has 5 nitrogen and oxygen atoms in total. The fourth-order valence-electron chi connectivity index (χ4n) is 3.98. The van der Waals surface area contributed by atoms with Crippen molar-refractivity contribution in [3.63, 3.8) is 0 Å². The lowest BCUT2D eigenvalue weighted by molar-refractivity contribution is 0.399. The van der Waals surface area contributed by atoms with Crippen molar-refractivity contribution in [2.45, 2.75) is 32.6 Å². The summed E-state index contributed by atoms with van der Waals surface area (Å²) >= 11 is 0. The monoisotopic (exact) mass is 468 g/mol. The molecule has 0 heterocycles. The topological polar surface area (TPSA) is 57.2 Å². The molecule has 0 bridgehead atoms. The maximum atomic E-state index is 11.5. The van der Waals surface area contributed by atoms with Crippen LogP contribution >= 0.6 is 7.92 Å². The van der Waals surface area contributed by atoms with Gasteiger partial charge in [-0.15, -0.1) is 0 Å². The van der Waals surface area contributed by atoms with Crippen molar-refractivity contribution in [1.29, 1.82) is 0 Å². The Balaban J connectivity index is 2.35. The summed E-state index contributed by atoms with van der Waals surface area (Å²) in [5.41, 5.74) is 0.941. The first-order valence-corrected chi connectivity index (χ1v) is 12.5. The average Bonchev–Trinajstić information content (AvgIpc) is 2.86. The molecule has 176 valence electrons. The number of aryl methyl sites for hydroxylation is 1. The Hall–Kier alpha value is -2.91. The van der Waals surface area contributed by atoms with Gasteiger partial charge in [0, 0.05) is 13.2 Å². The van der Waals surface area contributed by atoms with E-state index in [2.05, 4.69) is 6.92 Å². The van der Waals surface area contributed by atoms with E-state index < -0.39 is 7.92 Å². The molecule has 0 unspecified atom stereocenters. The van der Waals surface area contributed by atoms with Crippen LogP contribution < -0.4 is 34.9 Å². The largest absolute Gasteiger partial charge is 0.507 e. The standard InChI is InChI=1S/C27H33O5P/c1-6-7-8-12-19-13-9-18-24(25(19)28)33(26-20(29-2)14-10-15-21(26)30-3)27-22(31-4)16-11-17-23(27)32-5/h9-11,13-18,28H,6-8,12H2,1-5H3. The van der Waals surface area contributed by atoms with Crippen LogP contribution in [-0.2, 0) is 6.42 Å². The molecular formula is C27H33O5P. The van der Waals surface area contributed by atoms with Crippen LogP contribution in [-0.4, -0.2) is 33.5 Å². The van der Waals surface area contributed by atoms with Gasteiger partial charge in [-0.2, -0.15) is 0 Å². The van der Waals surface area contributed by atoms with E-state index in [4.69, 9.17) is 18.9 Å². The summed E-state index contributed by atoms with van der Waals surface area (Å²) in [6, 6.07) is 17.4. The minimum atomic E-state index is -1.36. The molecule has 33 heavy (non-hydrogen) atoms. The van der Waals surface area contributed by atoms with Crippen molar-refractivity contribution >= 4 is 23.8 Å². The van der Waals surface area contributed by atoms with E-state index in [0.29, 0.717) is 28.7 Å². The molecular weight excluding hydrogens is 435 g/mol. The van der Waals surface area contributed by atoms with E-state index in [1.165, 1.54) is 0 Å². The van der Waals surface area contributed by atoms with Crippen LogP contribution in [0.1, 0.15) is 31.7 Å². The first-order chi connectivity index (χ1) is 16.1. The molecule has 0 amide bonds. The maximum absolute atomic E-state index is 11.5. The summed E-state index contributed by atoms with van der Waals surface area (Å²) in [5.74, 6) is 3.04. The molecule has 0 atom stereocenters. The van der Waals surface area contributed by atoms with Crippen LogP contribution in [0.15, 0.2) is 54.6 Å². The Morgan fingerprint density at radius 3 is 1.55 bits per heavy atom. The van der Waals surface area contributed by atoms with E-state index in [9.17, 15) is 5.11 Å². The number of hydrogen-bond donors (Lipinski definition) is 1. The average molecular weight is 469 g/mol. The highest BCUT2D eigenvalue weighted by molar-refractivity contribution is 7.80. The Morgan fingerprint density at radius 2 is 1.12 bits per heavy atom. The lowest BCUT2D eigenvalue weighted by atomic mass is 10.1. The van der Waals surface area contributed by atoms with Crippen LogP contribution in [0.25, 0.3) is 0 Å². The first kappa shape index (κ1) is 24.7. The van der Waals surface area contributed by atoms with Crippen molar-refractivity contribution in [3.05, 3.63) is 60.2 Å². The summed E-state index contributed by atoms with van der Waals surface area (Å²) in [6.07, 6.45) is 4.10. The lowest BCUT2D eigenvalue weighted by Crippen LogP contribution is -2.26. The third-order valence-electron chi connectivity index (χ3n) is 5.64. The summed E-state index contributed by atoms with van der Waals surface area (Å²) in [5, 5.41) is 14.0. The number of para-hydroxylation sites is 1. The molecule has 0 aliphatic heterocycles. The van der Waals surface area contributed by atoms with Gasteiger partial charge in [0.25, 0.3) is 0 Å². The number of benzene rings is 3. The van der Waals surface area contributed by atoms with Gasteiger partial charge in [0.1, 0.15) is 28.7 Å². The third-order valence-corrected chi connectivity index (χ3v) is 8.26. The van der Waals surface area contributed by atoms with Gasteiger partial charge in [-0.3, -0.25) is 0 Å². The molecule has 0 saturated carbocycles. The van der Waals surface area contributed by atoms with Gasteiger partial charge in [-0.05, 0) is 42.7 Å². The van der Waals surface area contributed by atoms with Gasteiger partial charge < -0.3 is 24.1 Å². The quantitative estimate of drug-likeness (QED) is 0.320. The Bertz CT molecular complexity index is 966. The highest BCUT2D eigenvalue weighted by atomic mass is 31.1. The number of hydrogen-bond acceptors (Lipinski definition) is 5. The number of phenols is 1. The number of phenolic OH excluding ortho intramolecular Hbond substituents is 1. The van der Waals surface area contributed by atoms with Gasteiger partial charge in [0.2, 0.25) is 0 Å². The van der Waals surface area contributed by atoms with Gasteiger partial charge in [-0.1, -0.05) is 50.1 Å². The van der Waals surface area contributed by atoms with Crippen LogP contribution in [0, 0.1) is 0 Å². The van der Waals surface area contributed by atoms with Crippen LogP contribution in [0.5, 0.6) is 28.7 Å². The molecule has 0 aliphatic carbocycles. The van der Waals surface area contributed by atoms with Crippen molar-refractivity contribution in [1.82, 2.24) is 0 Å². The molecule has 3 aromatic carbocycles. The van der Waals surface area contributed by atoms with Gasteiger partial charge in [0.05, 0.1) is 39.0 Å². The fourth-order valence-corrected chi connectivity index (χ4v) is 6.82. The van der Waals surface area contributed by atoms with Crippen LogP contribution in [0.3, 0.4) is 0 Å². The summed E-state index contributed by atoms with van der Waals surface area (Å²) in [4.78, 5) is 0. The maximum Gasteiger partial charge on any atom is 0.130 e. The molecule has 3 rings (SSSR count). The molecule has 0 aliphatic rings. The smallest absolute Gasteiger partial charge is 0.130 e. The Labute approximate surface area is 198 Å². The normalized spacial score (nSPS) is 10.8. The van der Waals surface area contributed by atoms with E-state index in [1.54, 1.807) is 28.4 Å². The molecule has 0 aromatic heterocycles. The Kier molecular flexibility index (Phi) is 8.85. The van der Waals surface area contributed by atoms with Crippen molar-refractivity contribution in [2.75, 3.05) is 28.4 Å². The third kappa shape index (κ3) is 5.20. The molecule has 6 heteroatoms.